The summed E-state index contributed by atoms with van der Waals surface area (Å²) >= 11 is 5.98. The normalized spacial score (nSPS) is 11.7. The van der Waals surface area contributed by atoms with Gasteiger partial charge in [-0.05, 0) is 24.6 Å². The quantitative estimate of drug-likeness (QED) is 0.778. The molecule has 0 radical (unpaired) electrons. The van der Waals surface area contributed by atoms with E-state index in [1.54, 1.807) is 31.2 Å². The van der Waals surface area contributed by atoms with Gasteiger partial charge in [0.2, 0.25) is 0 Å². The lowest BCUT2D eigenvalue weighted by Gasteiger charge is -2.10. The van der Waals surface area contributed by atoms with Crippen LogP contribution in [0.1, 0.15) is 18.6 Å². The van der Waals surface area contributed by atoms with Crippen molar-refractivity contribution < 1.29 is 14.6 Å². The fraction of sp³-hybridized carbons (Fsp3) is 0.308. The molecule has 98 valence electrons. The summed E-state index contributed by atoms with van der Waals surface area (Å²) in [6.07, 6.45) is 0.995. The zero-order valence-electron chi connectivity index (χ0n) is 10.1. The van der Waals surface area contributed by atoms with Crippen LogP contribution in [-0.2, 0) is 4.79 Å². The van der Waals surface area contributed by atoms with E-state index in [2.05, 4.69) is 11.9 Å². The van der Waals surface area contributed by atoms with E-state index in [-0.39, 0.29) is 12.5 Å². The SMILES string of the molecule is C=CCNC(=O)COc1ccc([C@@H](C)O)cc1Cl. The van der Waals surface area contributed by atoms with Gasteiger partial charge in [0.1, 0.15) is 5.75 Å². The summed E-state index contributed by atoms with van der Waals surface area (Å²) in [7, 11) is 0. The number of halogens is 1. The summed E-state index contributed by atoms with van der Waals surface area (Å²) in [6, 6.07) is 4.95. The highest BCUT2D eigenvalue weighted by atomic mass is 35.5. The minimum Gasteiger partial charge on any atom is -0.482 e. The smallest absolute Gasteiger partial charge is 0.258 e. The van der Waals surface area contributed by atoms with E-state index in [4.69, 9.17) is 16.3 Å². The van der Waals surface area contributed by atoms with Crippen LogP contribution in [0.3, 0.4) is 0 Å². The topological polar surface area (TPSA) is 58.6 Å². The third-order valence-electron chi connectivity index (χ3n) is 2.24. The summed E-state index contributed by atoms with van der Waals surface area (Å²) in [5, 5.41) is 12.3. The number of hydrogen-bond donors (Lipinski definition) is 2. The van der Waals surface area contributed by atoms with Crippen molar-refractivity contribution in [2.75, 3.05) is 13.2 Å². The zero-order chi connectivity index (χ0) is 13.5. The van der Waals surface area contributed by atoms with Crippen LogP contribution < -0.4 is 10.1 Å². The molecule has 0 unspecified atom stereocenters. The first-order valence-electron chi connectivity index (χ1n) is 5.52. The molecule has 2 N–H and O–H groups in total. The second-order valence-electron chi connectivity index (χ2n) is 3.75. The van der Waals surface area contributed by atoms with Gasteiger partial charge >= 0.3 is 0 Å². The first-order valence-corrected chi connectivity index (χ1v) is 5.90. The molecule has 0 saturated carbocycles. The Kier molecular flexibility index (Phi) is 5.68. The monoisotopic (exact) mass is 269 g/mol. The molecule has 1 rings (SSSR count). The van der Waals surface area contributed by atoms with Crippen LogP contribution in [0.4, 0.5) is 0 Å². The highest BCUT2D eigenvalue weighted by molar-refractivity contribution is 6.32. The van der Waals surface area contributed by atoms with Crippen molar-refractivity contribution in [3.8, 4) is 5.75 Å². The Morgan fingerprint density at radius 2 is 2.39 bits per heavy atom. The van der Waals surface area contributed by atoms with Crippen molar-refractivity contribution in [3.05, 3.63) is 41.4 Å². The van der Waals surface area contributed by atoms with Crippen LogP contribution in [0, 0.1) is 0 Å². The third-order valence-corrected chi connectivity index (χ3v) is 2.54. The molecule has 1 aromatic carbocycles. The predicted molar refractivity (Wildman–Crippen MR) is 70.8 cm³/mol. The van der Waals surface area contributed by atoms with E-state index >= 15 is 0 Å². The van der Waals surface area contributed by atoms with Gasteiger partial charge in [0.15, 0.2) is 6.61 Å². The summed E-state index contributed by atoms with van der Waals surface area (Å²) in [5.41, 5.74) is 0.698. The Morgan fingerprint density at radius 1 is 1.67 bits per heavy atom. The number of carbonyl (C=O) groups is 1. The highest BCUT2D eigenvalue weighted by Gasteiger charge is 2.08. The Bertz CT molecular complexity index is 432. The van der Waals surface area contributed by atoms with Gasteiger partial charge in [-0.2, -0.15) is 0 Å². The molecule has 1 atom stereocenters. The molecule has 0 aliphatic rings. The Labute approximate surface area is 111 Å². The molecule has 0 aromatic heterocycles. The van der Waals surface area contributed by atoms with Gasteiger partial charge in [-0.15, -0.1) is 6.58 Å². The molecule has 0 aliphatic carbocycles. The van der Waals surface area contributed by atoms with Crippen LogP contribution in [0.25, 0.3) is 0 Å². The number of amides is 1. The average Bonchev–Trinajstić information content (AvgIpc) is 2.34. The fourth-order valence-electron chi connectivity index (χ4n) is 1.27. The number of nitrogens with one attached hydrogen (secondary N) is 1. The maximum absolute atomic E-state index is 11.3. The molecular weight excluding hydrogens is 254 g/mol. The van der Waals surface area contributed by atoms with Gasteiger partial charge in [-0.1, -0.05) is 23.7 Å². The molecule has 0 saturated heterocycles. The van der Waals surface area contributed by atoms with Crippen molar-refractivity contribution in [3.63, 3.8) is 0 Å². The molecule has 0 spiro atoms. The maximum Gasteiger partial charge on any atom is 0.258 e. The number of benzene rings is 1. The van der Waals surface area contributed by atoms with Crippen molar-refractivity contribution in [1.29, 1.82) is 0 Å². The largest absolute Gasteiger partial charge is 0.482 e. The lowest BCUT2D eigenvalue weighted by molar-refractivity contribution is -0.122. The second kappa shape index (κ2) is 7.03. The number of aliphatic hydroxyl groups is 1. The number of ether oxygens (including phenoxy) is 1. The van der Waals surface area contributed by atoms with Crippen molar-refractivity contribution in [2.24, 2.45) is 0 Å². The van der Waals surface area contributed by atoms with E-state index in [1.165, 1.54) is 0 Å². The van der Waals surface area contributed by atoms with Gasteiger partial charge in [0, 0.05) is 6.54 Å². The highest BCUT2D eigenvalue weighted by Crippen LogP contribution is 2.27. The van der Waals surface area contributed by atoms with Crippen molar-refractivity contribution in [2.45, 2.75) is 13.0 Å². The third kappa shape index (κ3) is 4.39. The van der Waals surface area contributed by atoms with Crippen molar-refractivity contribution >= 4 is 17.5 Å². The van der Waals surface area contributed by atoms with E-state index in [0.29, 0.717) is 22.9 Å². The van der Waals surface area contributed by atoms with Gasteiger partial charge in [-0.3, -0.25) is 4.79 Å². The number of aliphatic hydroxyl groups excluding tert-OH is 1. The van der Waals surface area contributed by atoms with Crippen LogP contribution in [0.2, 0.25) is 5.02 Å². The molecule has 0 bridgehead atoms. The number of rotatable bonds is 6. The molecule has 5 heteroatoms. The maximum atomic E-state index is 11.3. The molecular formula is C13H16ClNO3. The van der Waals surface area contributed by atoms with Gasteiger partial charge in [-0.25, -0.2) is 0 Å². The fourth-order valence-corrected chi connectivity index (χ4v) is 1.52. The first kappa shape index (κ1) is 14.5. The molecule has 0 aliphatic heterocycles. The van der Waals surface area contributed by atoms with E-state index in [0.717, 1.165) is 0 Å². The summed E-state index contributed by atoms with van der Waals surface area (Å²) < 4.78 is 5.27. The molecule has 18 heavy (non-hydrogen) atoms. The van der Waals surface area contributed by atoms with E-state index in [9.17, 15) is 9.90 Å². The zero-order valence-corrected chi connectivity index (χ0v) is 10.9. The molecule has 1 amide bonds. The first-order chi connectivity index (χ1) is 8.54. The molecule has 4 nitrogen and oxygen atoms in total. The van der Waals surface area contributed by atoms with Crippen LogP contribution in [0.5, 0.6) is 5.75 Å². The molecule has 0 fully saturated rings. The predicted octanol–water partition coefficient (Wildman–Crippen LogP) is 2.07. The van der Waals surface area contributed by atoms with Gasteiger partial charge in [0.25, 0.3) is 5.91 Å². The summed E-state index contributed by atoms with van der Waals surface area (Å²) in [4.78, 5) is 11.3. The van der Waals surface area contributed by atoms with Gasteiger partial charge in [0.05, 0.1) is 11.1 Å². The minimum absolute atomic E-state index is 0.110. The number of carbonyl (C=O) groups excluding carboxylic acids is 1. The van der Waals surface area contributed by atoms with E-state index < -0.39 is 6.10 Å². The Morgan fingerprint density at radius 3 is 2.94 bits per heavy atom. The average molecular weight is 270 g/mol. The van der Waals surface area contributed by atoms with Gasteiger partial charge < -0.3 is 15.2 Å². The second-order valence-corrected chi connectivity index (χ2v) is 4.15. The van der Waals surface area contributed by atoms with Crippen LogP contribution in [-0.4, -0.2) is 24.2 Å². The van der Waals surface area contributed by atoms with Crippen LogP contribution in [0.15, 0.2) is 30.9 Å². The number of hydrogen-bond acceptors (Lipinski definition) is 3. The summed E-state index contributed by atoms with van der Waals surface area (Å²) in [6.45, 7) is 5.43. The minimum atomic E-state index is -0.590. The Hall–Kier alpha value is -1.52. The summed E-state index contributed by atoms with van der Waals surface area (Å²) in [5.74, 6) is 0.167. The van der Waals surface area contributed by atoms with Crippen molar-refractivity contribution in [1.82, 2.24) is 5.32 Å². The van der Waals surface area contributed by atoms with Crippen LogP contribution >= 0.6 is 11.6 Å². The Balaban J connectivity index is 2.57. The lowest BCUT2D eigenvalue weighted by atomic mass is 10.1. The lowest BCUT2D eigenvalue weighted by Crippen LogP contribution is -2.28. The van der Waals surface area contributed by atoms with E-state index in [1.807, 2.05) is 0 Å². The molecule has 1 aromatic rings. The standard InChI is InChI=1S/C13H16ClNO3/c1-3-6-15-13(17)8-18-12-5-4-10(9(2)16)7-11(12)14/h3-5,7,9,16H,1,6,8H2,2H3,(H,15,17)/t9-/m1/s1. The molecule has 0 heterocycles.